The molecule has 0 amide bonds. The van der Waals surface area contributed by atoms with Crippen molar-refractivity contribution >= 4 is 0 Å². The van der Waals surface area contributed by atoms with Gasteiger partial charge >= 0.3 is 18.5 Å². The first-order valence-electron chi connectivity index (χ1n) is 7.87. The Balaban J connectivity index is 2.45. The van der Waals surface area contributed by atoms with Gasteiger partial charge in [-0.15, -0.1) is 0 Å². The van der Waals surface area contributed by atoms with Crippen LogP contribution in [0, 0.1) is 17.2 Å². The Morgan fingerprint density at radius 3 is 1.58 bits per heavy atom. The second-order valence-corrected chi connectivity index (χ2v) is 6.04. The van der Waals surface area contributed by atoms with Crippen LogP contribution in [0.4, 0.5) is 39.5 Å². The monoisotopic (exact) mass is 460 g/mol. The van der Waals surface area contributed by atoms with Crippen molar-refractivity contribution in [1.29, 1.82) is 5.26 Å². The second-order valence-electron chi connectivity index (χ2n) is 6.04. The van der Waals surface area contributed by atoms with Gasteiger partial charge in [-0.25, -0.2) is 9.97 Å². The van der Waals surface area contributed by atoms with Gasteiger partial charge in [0.15, 0.2) is 5.69 Å². The first kappa shape index (κ1) is 24.3. The molecule has 0 aromatic carbocycles. The number of alkyl halides is 9. The molecule has 0 aliphatic rings. The maximum absolute atomic E-state index is 12.9. The Bertz CT molecular complexity index is 933. The quantitative estimate of drug-likeness (QED) is 0.673. The fourth-order valence-electron chi connectivity index (χ4n) is 2.36. The van der Waals surface area contributed by atoms with Crippen LogP contribution in [-0.2, 0) is 18.5 Å². The molecule has 0 spiro atoms. The Morgan fingerprint density at radius 1 is 0.742 bits per heavy atom. The van der Waals surface area contributed by atoms with Gasteiger partial charge in [-0.1, -0.05) is 0 Å². The van der Waals surface area contributed by atoms with Gasteiger partial charge < -0.3 is 10.2 Å². The lowest BCUT2D eigenvalue weighted by atomic mass is 9.90. The molecule has 2 N–H and O–H groups in total. The molecule has 0 saturated heterocycles. The number of rotatable bonds is 4. The molecule has 2 unspecified atom stereocenters. The third-order valence-electron chi connectivity index (χ3n) is 3.86. The van der Waals surface area contributed by atoms with Crippen LogP contribution in [0.25, 0.3) is 0 Å². The van der Waals surface area contributed by atoms with Crippen LogP contribution in [-0.4, -0.2) is 25.2 Å². The van der Waals surface area contributed by atoms with Crippen molar-refractivity contribution in [3.63, 3.8) is 0 Å². The van der Waals surface area contributed by atoms with E-state index in [4.69, 9.17) is 0 Å². The number of nitrogens with zero attached hydrogens (tertiary/aromatic N) is 4. The van der Waals surface area contributed by atoms with Gasteiger partial charge in [0, 0.05) is 0 Å². The minimum atomic E-state index is -5.34. The molecule has 0 bridgehead atoms. The molecule has 31 heavy (non-hydrogen) atoms. The van der Waals surface area contributed by atoms with Gasteiger partial charge in [0.25, 0.3) is 0 Å². The largest absolute Gasteiger partial charge is 0.434 e. The fraction of sp³-hybridized carbons (Fsp3) is 0.375. The van der Waals surface area contributed by atoms with Gasteiger partial charge in [0.05, 0.1) is 30.3 Å². The molecule has 3 atom stereocenters. The van der Waals surface area contributed by atoms with Gasteiger partial charge in [-0.05, 0) is 17.7 Å². The highest BCUT2D eigenvalue weighted by Gasteiger charge is 2.41. The van der Waals surface area contributed by atoms with E-state index < -0.39 is 65.0 Å². The topological polar surface area (TPSA) is 103 Å². The van der Waals surface area contributed by atoms with E-state index in [0.717, 1.165) is 0 Å². The number of aliphatic hydroxyl groups excluding tert-OH is 2. The molecule has 0 aliphatic carbocycles. The standard InChI is InChI=1S/C16H9F9N4O2/c17-14(18,19)9-1-6(2-10(29-9)15(20,21)22)12(30)7(3-26)13(31)8-4-28-11(5-27-8)16(23,24)25/h1-2,4-5,7,12-13,30-31H/t7?,12-,13?/m1/s1. The average molecular weight is 460 g/mol. The van der Waals surface area contributed by atoms with Crippen LogP contribution in [0.2, 0.25) is 0 Å². The van der Waals surface area contributed by atoms with Gasteiger partial charge in [-0.2, -0.15) is 44.8 Å². The summed E-state index contributed by atoms with van der Waals surface area (Å²) in [5, 5.41) is 29.5. The van der Waals surface area contributed by atoms with E-state index in [0.29, 0.717) is 6.20 Å². The van der Waals surface area contributed by atoms with E-state index in [1.807, 2.05) is 0 Å². The molecule has 2 aromatic heterocycles. The summed E-state index contributed by atoms with van der Waals surface area (Å²) in [5.74, 6) is -2.12. The van der Waals surface area contributed by atoms with Gasteiger partial charge in [-0.3, -0.25) is 4.98 Å². The SMILES string of the molecule is N#CC(C(O)c1cnc(C(F)(F)F)cn1)[C@H](O)c1cc(C(F)(F)F)nc(C(F)(F)F)c1. The van der Waals surface area contributed by atoms with E-state index in [1.165, 1.54) is 6.07 Å². The number of hydrogen-bond donors (Lipinski definition) is 2. The van der Waals surface area contributed by atoms with Crippen molar-refractivity contribution in [3.05, 3.63) is 52.9 Å². The van der Waals surface area contributed by atoms with E-state index in [1.54, 1.807) is 0 Å². The number of halogens is 9. The Kier molecular flexibility index (Phi) is 6.48. The van der Waals surface area contributed by atoms with Gasteiger partial charge in [0.1, 0.15) is 23.4 Å². The fourth-order valence-corrected chi connectivity index (χ4v) is 2.36. The molecule has 168 valence electrons. The minimum Gasteiger partial charge on any atom is -0.387 e. The lowest BCUT2D eigenvalue weighted by molar-refractivity contribution is -0.150. The lowest BCUT2D eigenvalue weighted by Gasteiger charge is -2.23. The lowest BCUT2D eigenvalue weighted by Crippen LogP contribution is -2.23. The molecule has 2 rings (SSSR count). The maximum Gasteiger partial charge on any atom is 0.434 e. The molecule has 2 heterocycles. The average Bonchev–Trinajstić information content (AvgIpc) is 2.66. The molecule has 6 nitrogen and oxygen atoms in total. The smallest absolute Gasteiger partial charge is 0.387 e. The Morgan fingerprint density at radius 2 is 1.23 bits per heavy atom. The van der Waals surface area contributed by atoms with Crippen LogP contribution in [0.15, 0.2) is 24.5 Å². The van der Waals surface area contributed by atoms with Crippen LogP contribution in [0.1, 0.15) is 40.5 Å². The predicted molar refractivity (Wildman–Crippen MR) is 80.3 cm³/mol. The summed E-state index contributed by atoms with van der Waals surface area (Å²) >= 11 is 0. The number of hydrogen-bond acceptors (Lipinski definition) is 6. The summed E-state index contributed by atoms with van der Waals surface area (Å²) in [6, 6.07) is 1.39. The number of pyridine rings is 1. The minimum absolute atomic E-state index is 0.0510. The van der Waals surface area contributed by atoms with Gasteiger partial charge in [0.2, 0.25) is 0 Å². The third kappa shape index (κ3) is 5.58. The van der Waals surface area contributed by atoms with Crippen LogP contribution in [0.5, 0.6) is 0 Å². The summed E-state index contributed by atoms with van der Waals surface area (Å²) in [6.45, 7) is 0. The number of aliphatic hydroxyl groups is 2. The van der Waals surface area contributed by atoms with E-state index in [2.05, 4.69) is 15.0 Å². The van der Waals surface area contributed by atoms with Crippen molar-refractivity contribution in [2.75, 3.05) is 0 Å². The molecule has 15 heteroatoms. The first-order valence-corrected chi connectivity index (χ1v) is 7.87. The van der Waals surface area contributed by atoms with Crippen molar-refractivity contribution < 1.29 is 49.7 Å². The van der Waals surface area contributed by atoms with Crippen molar-refractivity contribution in [3.8, 4) is 6.07 Å². The summed E-state index contributed by atoms with van der Waals surface area (Å²) in [7, 11) is 0. The molecule has 0 radical (unpaired) electrons. The van der Waals surface area contributed by atoms with E-state index in [9.17, 15) is 55.0 Å². The van der Waals surface area contributed by atoms with Crippen LogP contribution >= 0.6 is 0 Å². The molecule has 0 aliphatic heterocycles. The summed E-state index contributed by atoms with van der Waals surface area (Å²) < 4.78 is 115. The second kappa shape index (κ2) is 8.27. The molecule has 2 aromatic rings. The van der Waals surface area contributed by atoms with Crippen molar-refractivity contribution in [2.45, 2.75) is 30.7 Å². The molecule has 0 saturated carbocycles. The summed E-state index contributed by atoms with van der Waals surface area (Å²) in [6.07, 6.45) is -19.6. The summed E-state index contributed by atoms with van der Waals surface area (Å²) in [5.41, 5.74) is -7.23. The van der Waals surface area contributed by atoms with Crippen LogP contribution in [0.3, 0.4) is 0 Å². The Hall–Kier alpha value is -2.99. The maximum atomic E-state index is 12.9. The highest BCUT2D eigenvalue weighted by Crippen LogP contribution is 2.38. The number of nitriles is 1. The molecule has 0 fully saturated rings. The Labute approximate surface area is 166 Å². The highest BCUT2D eigenvalue weighted by atomic mass is 19.4. The zero-order valence-corrected chi connectivity index (χ0v) is 14.6. The van der Waals surface area contributed by atoms with E-state index >= 15 is 0 Å². The highest BCUT2D eigenvalue weighted by molar-refractivity contribution is 5.29. The normalized spacial score (nSPS) is 15.8. The third-order valence-corrected chi connectivity index (χ3v) is 3.86. The van der Waals surface area contributed by atoms with Crippen LogP contribution < -0.4 is 0 Å². The number of aromatic nitrogens is 3. The summed E-state index contributed by atoms with van der Waals surface area (Å²) in [4.78, 5) is 8.65. The van der Waals surface area contributed by atoms with Crippen molar-refractivity contribution in [1.82, 2.24) is 15.0 Å². The van der Waals surface area contributed by atoms with Crippen molar-refractivity contribution in [2.24, 2.45) is 5.92 Å². The first-order chi connectivity index (χ1) is 14.1. The molecular formula is C16H9F9N4O2. The predicted octanol–water partition coefficient (Wildman–Crippen LogP) is 3.83. The van der Waals surface area contributed by atoms with E-state index in [-0.39, 0.29) is 18.3 Å². The zero-order valence-electron chi connectivity index (χ0n) is 14.6. The zero-order chi connectivity index (χ0) is 23.8. The molecular weight excluding hydrogens is 451 g/mol.